The Balaban J connectivity index is 0.000000387. The molecule has 38 heteroatoms. The summed E-state index contributed by atoms with van der Waals surface area (Å²) in [6.07, 6.45) is -10.3. The molecule has 0 bridgehead atoms. The number of nitro benzene ring substituents is 1. The Bertz CT molecular complexity index is 5130. The molecule has 0 aliphatic carbocycles. The average molecular weight is 1910 g/mol. The first-order chi connectivity index (χ1) is 61.1. The van der Waals surface area contributed by atoms with E-state index in [0.717, 1.165) is 73.1 Å². The predicted molar refractivity (Wildman–Crippen MR) is 482 cm³/mol. The lowest BCUT2D eigenvalue weighted by Gasteiger charge is -2.20. The molecule has 10 aromatic carbocycles. The van der Waals surface area contributed by atoms with Gasteiger partial charge in [-0.3, -0.25) is 48.5 Å². The number of carboxylic acids is 8. The summed E-state index contributed by atoms with van der Waals surface area (Å²) in [5.41, 5.74) is 51.8. The van der Waals surface area contributed by atoms with E-state index in [0.29, 0.717) is 33.4 Å². The summed E-state index contributed by atoms with van der Waals surface area (Å²) in [6, 6.07) is 59.0. The number of aryl methyl sites for hydroxylation is 2. The number of benzene rings is 10. The topological polar surface area (TPSA) is 577 Å². The first-order valence-electron chi connectivity index (χ1n) is 39.4. The van der Waals surface area contributed by atoms with Gasteiger partial charge in [0.05, 0.1) is 74.5 Å². The Morgan fingerprint density at radius 1 is 0.374 bits per heavy atom. The van der Waals surface area contributed by atoms with Gasteiger partial charge in [-0.1, -0.05) is 181 Å². The van der Waals surface area contributed by atoms with E-state index < -0.39 is 131 Å². The molecule has 0 radical (unpaired) electrons. The molecule has 0 spiro atoms. The van der Waals surface area contributed by atoms with Crippen molar-refractivity contribution < 1.29 is 125 Å². The second-order valence-corrected chi connectivity index (χ2v) is 31.3. The Hall–Kier alpha value is -13.2. The molecule has 0 saturated carbocycles. The number of rotatable bonds is 30. The number of carbonyl (C=O) groups is 8. The number of carboxylic acid groups (broad SMARTS) is 8. The van der Waals surface area contributed by atoms with Gasteiger partial charge in [-0.2, -0.15) is 26.3 Å². The molecule has 10 rings (SSSR count). The lowest BCUT2D eigenvalue weighted by atomic mass is 9.86. The van der Waals surface area contributed by atoms with Crippen LogP contribution in [-0.2, 0) is 56.1 Å². The number of hydrogen-bond donors (Lipinski definition) is 16. The van der Waals surface area contributed by atoms with Crippen molar-refractivity contribution in [3.05, 3.63) is 329 Å². The highest BCUT2D eigenvalue weighted by Crippen LogP contribution is 2.36. The van der Waals surface area contributed by atoms with Crippen molar-refractivity contribution >= 4 is 81.0 Å². The number of nitrogens with two attached hydrogens (primary N) is 8. The highest BCUT2D eigenvalue weighted by molar-refractivity contribution is 9.10. The largest absolute Gasteiger partial charge is 0.496 e. The molecule has 0 fully saturated rings. The Morgan fingerprint density at radius 3 is 1.00 bits per heavy atom. The fourth-order valence-electron chi connectivity index (χ4n) is 11.4. The van der Waals surface area contributed by atoms with Gasteiger partial charge in [0.1, 0.15) is 28.7 Å². The first-order valence-corrected chi connectivity index (χ1v) is 40.6. The quantitative estimate of drug-likeness (QED) is 0.0113. The van der Waals surface area contributed by atoms with Gasteiger partial charge in [0.25, 0.3) is 5.69 Å². The molecule has 8 atom stereocenters. The molecular weight excluding hydrogens is 1810 g/mol. The second-order valence-electron chi connectivity index (χ2n) is 30.0. The van der Waals surface area contributed by atoms with Gasteiger partial charge in [0.15, 0.2) is 0 Å². The summed E-state index contributed by atoms with van der Waals surface area (Å²) < 4.78 is 91.7. The van der Waals surface area contributed by atoms with Gasteiger partial charge in [-0.15, -0.1) is 0 Å². The number of nitro groups is 1. The van der Waals surface area contributed by atoms with Gasteiger partial charge >= 0.3 is 60.1 Å². The lowest BCUT2D eigenvalue weighted by Crippen LogP contribution is -2.19. The Kier molecular flexibility index (Phi) is 47.0. The zero-order valence-corrected chi connectivity index (χ0v) is 74.1. The molecule has 0 amide bonds. The summed E-state index contributed by atoms with van der Waals surface area (Å²) in [7, 11) is 1.60. The normalized spacial score (nSPS) is 12.6. The van der Waals surface area contributed by atoms with Crippen molar-refractivity contribution in [3.8, 4) is 28.7 Å². The van der Waals surface area contributed by atoms with E-state index in [-0.39, 0.29) is 61.6 Å². The minimum absolute atomic E-state index is 0.0329. The van der Waals surface area contributed by atoms with Gasteiger partial charge in [-0.05, 0) is 172 Å². The van der Waals surface area contributed by atoms with Gasteiger partial charge in [0, 0.05) is 70.0 Å². The zero-order valence-electron chi connectivity index (χ0n) is 71.8. The minimum Gasteiger partial charge on any atom is -0.496 e. The van der Waals surface area contributed by atoms with Crippen LogP contribution in [0, 0.1) is 24.0 Å². The summed E-state index contributed by atoms with van der Waals surface area (Å²) >= 11 is 9.09. The fraction of sp³-hybridized carbons (Fsp3) is 0.269. The third-order valence-corrected chi connectivity index (χ3v) is 19.0. The van der Waals surface area contributed by atoms with E-state index in [1.807, 2.05) is 98.8 Å². The molecule has 0 heterocycles. The van der Waals surface area contributed by atoms with Gasteiger partial charge in [0.2, 0.25) is 0 Å². The molecule has 30 nitrogen and oxygen atoms in total. The molecule has 0 aliphatic heterocycles. The maximum atomic E-state index is 12.5. The Morgan fingerprint density at radius 2 is 0.679 bits per heavy atom. The van der Waals surface area contributed by atoms with Crippen LogP contribution < -0.4 is 60.1 Å². The van der Waals surface area contributed by atoms with Crippen LogP contribution in [0.25, 0.3) is 0 Å². The van der Waals surface area contributed by atoms with Crippen LogP contribution in [0.5, 0.6) is 28.7 Å². The number of methoxy groups -OCH3 is 1. The second kappa shape index (κ2) is 55.0. The summed E-state index contributed by atoms with van der Waals surface area (Å²) in [5, 5.41) is 79.7. The average Bonchev–Trinajstić information content (AvgIpc) is 0.818. The number of ether oxygens (including phenoxy) is 3. The van der Waals surface area contributed by atoms with E-state index in [9.17, 15) is 74.8 Å². The molecule has 24 N–H and O–H groups in total. The van der Waals surface area contributed by atoms with Crippen molar-refractivity contribution in [2.75, 3.05) is 7.11 Å². The molecule has 10 aromatic rings. The number of hydrogen-bond acceptors (Lipinski definition) is 21. The molecule has 0 aromatic heterocycles. The predicted octanol–water partition coefficient (Wildman–Crippen LogP) is 18.2. The van der Waals surface area contributed by atoms with Crippen LogP contribution >= 0.6 is 27.5 Å². The summed E-state index contributed by atoms with van der Waals surface area (Å²) in [6.45, 7) is 10.3. The summed E-state index contributed by atoms with van der Waals surface area (Å²) in [4.78, 5) is 93.6. The minimum atomic E-state index is -4.52. The van der Waals surface area contributed by atoms with Crippen molar-refractivity contribution in [1.82, 2.24) is 0 Å². The third kappa shape index (κ3) is 44.1. The van der Waals surface area contributed by atoms with Crippen molar-refractivity contribution in [2.24, 2.45) is 45.9 Å². The van der Waals surface area contributed by atoms with Crippen LogP contribution in [0.1, 0.15) is 193 Å². The van der Waals surface area contributed by atoms with E-state index >= 15 is 0 Å². The van der Waals surface area contributed by atoms with Crippen molar-refractivity contribution in [2.45, 2.75) is 152 Å². The molecular formula is C93H105BrClF6N9O21. The molecule has 131 heavy (non-hydrogen) atoms. The van der Waals surface area contributed by atoms with Crippen LogP contribution in [0.15, 0.2) is 241 Å². The Labute approximate surface area is 764 Å². The third-order valence-electron chi connectivity index (χ3n) is 18.2. The fourth-order valence-corrected chi connectivity index (χ4v) is 11.7. The lowest BCUT2D eigenvalue weighted by molar-refractivity contribution is -0.384. The van der Waals surface area contributed by atoms with E-state index in [1.54, 1.807) is 86.0 Å². The van der Waals surface area contributed by atoms with E-state index in [4.69, 9.17) is 113 Å². The molecule has 8 unspecified atom stereocenters. The standard InChI is InChI=1S/C16H17NO3.C15H14ClNO3.C13H19NO2.C11H15NO3.2C10H10F3NO2.C9H10BrNO2.C9H10N2O4/c1-11-5-7-13(8-6-11)20-14-4-2-3-12(9-14)15(17)10-16(18)19;16-11-4-6-12(7-5-11)20-13-3-1-2-10(8-13)14(17)9-15(18)19;1-13(2,3)10-6-4-9(5-7-10)11(14)8-12(15)16;1-7-5-8(3-4-10(7)15-2)9(12)6-11(13)14;11-10(12,13)7-3-1-6(2-4-7)8(14)5-9(15)16;11-10(12,13)7-4-2-1-3-6(7)8(14)5-9(15)16;10-7-3-1-6(2-4-7)8(11)5-9(12)13;10-8(5-9(12)13)6-1-3-7(4-2-6)11(14)15/h2-9,15H,10,17H2,1H3,(H,18,19);1-8,14H,9,17H2,(H,18,19);4-7,11H,8,14H2,1-3H3,(H,15,16);3-5,9H,6,12H2,1-2H3,(H,13,14);2*1-4,8H,5,14H2,(H,15,16);1-4,8H,5,11H2,(H,12,13);1-4,8H,5,10H2,(H,12,13). The van der Waals surface area contributed by atoms with E-state index in [1.165, 1.54) is 60.2 Å². The SMILES string of the molecule is CC(C)(C)c1ccc(C(N)CC(=O)O)cc1.COc1ccc(C(N)CC(=O)O)cc1C.Cc1ccc(Oc2cccc(C(N)CC(=O)O)c2)cc1.NC(CC(=O)O)c1ccc(Br)cc1.NC(CC(=O)O)c1ccc(C(F)(F)F)cc1.NC(CC(=O)O)c1ccc([N+](=O)[O-])cc1.NC(CC(=O)O)c1cccc(Oc2ccc(Cl)cc2)c1.NC(CC(=O)O)c1ccccc1C(F)(F)F. The number of nitrogens with zero attached hydrogens (tertiary/aromatic N) is 1. The number of alkyl halides is 6. The maximum absolute atomic E-state index is 12.5. The monoisotopic (exact) mass is 1910 g/mol. The number of aliphatic carboxylic acids is 8. The van der Waals surface area contributed by atoms with Gasteiger partial charge in [-0.25, -0.2) is 0 Å². The number of halogens is 8. The summed E-state index contributed by atoms with van der Waals surface area (Å²) in [5.74, 6) is -4.39. The molecule has 704 valence electrons. The highest BCUT2D eigenvalue weighted by atomic mass is 79.9. The van der Waals surface area contributed by atoms with Gasteiger partial charge < -0.3 is 101 Å². The van der Waals surface area contributed by atoms with Crippen LogP contribution in [0.2, 0.25) is 5.02 Å². The first kappa shape index (κ1) is 112. The number of non-ortho nitro benzene ring substituents is 1. The van der Waals surface area contributed by atoms with Crippen LogP contribution in [-0.4, -0.2) is 101 Å². The zero-order chi connectivity index (χ0) is 98.8. The van der Waals surface area contributed by atoms with Crippen LogP contribution in [0.4, 0.5) is 32.0 Å². The van der Waals surface area contributed by atoms with E-state index in [2.05, 4.69) is 36.7 Å². The molecule has 0 aliphatic rings. The highest BCUT2D eigenvalue weighted by Gasteiger charge is 2.35. The van der Waals surface area contributed by atoms with Crippen molar-refractivity contribution in [3.63, 3.8) is 0 Å². The van der Waals surface area contributed by atoms with Crippen molar-refractivity contribution in [1.29, 1.82) is 0 Å². The smallest absolute Gasteiger partial charge is 0.416 e. The molecule has 0 saturated heterocycles. The van der Waals surface area contributed by atoms with Crippen LogP contribution in [0.3, 0.4) is 0 Å². The maximum Gasteiger partial charge on any atom is 0.416 e.